The predicted molar refractivity (Wildman–Crippen MR) is 215 cm³/mol. The summed E-state index contributed by atoms with van der Waals surface area (Å²) >= 11 is 0. The molecule has 230 valence electrons. The van der Waals surface area contributed by atoms with Gasteiger partial charge in [-0.05, 0) is 105 Å². The van der Waals surface area contributed by atoms with Crippen LogP contribution in [0.5, 0.6) is 0 Å². The molecular weight excluding hydrogens is 605 g/mol. The van der Waals surface area contributed by atoms with E-state index in [0.29, 0.717) is 0 Å². The minimum atomic E-state index is 0.790. The van der Waals surface area contributed by atoms with Gasteiger partial charge in [0.05, 0.1) is 11.2 Å². The van der Waals surface area contributed by atoms with E-state index in [2.05, 4.69) is 151 Å². The molecule has 0 radical (unpaired) electrons. The quantitative estimate of drug-likeness (QED) is 0.192. The molecule has 0 saturated heterocycles. The largest absolute Gasteiger partial charge is 0.381 e. The number of benzene rings is 10. The molecule has 0 spiro atoms. The van der Waals surface area contributed by atoms with Crippen LogP contribution in [-0.2, 0) is 0 Å². The highest BCUT2D eigenvalue weighted by molar-refractivity contribution is 6.29. The lowest BCUT2D eigenvalue weighted by Crippen LogP contribution is -2.07. The van der Waals surface area contributed by atoms with Gasteiger partial charge in [0.1, 0.15) is 0 Å². The van der Waals surface area contributed by atoms with Crippen molar-refractivity contribution in [2.24, 2.45) is 0 Å². The van der Waals surface area contributed by atoms with Crippen molar-refractivity contribution in [1.82, 2.24) is 4.98 Å². The summed E-state index contributed by atoms with van der Waals surface area (Å²) in [6.07, 6.45) is 6.50. The Morgan fingerprint density at radius 3 is 1.60 bits per heavy atom. The molecule has 11 aromatic rings. The molecule has 2 heteroatoms. The average Bonchev–Trinajstić information content (AvgIpc) is 3.18. The number of rotatable bonds is 2. The highest BCUT2D eigenvalue weighted by Gasteiger charge is 2.22. The van der Waals surface area contributed by atoms with Crippen molar-refractivity contribution in [3.05, 3.63) is 151 Å². The molecule has 1 N–H and O–H groups in total. The monoisotopic (exact) mass is 632 g/mol. The van der Waals surface area contributed by atoms with Gasteiger partial charge in [-0.25, -0.2) is 0 Å². The van der Waals surface area contributed by atoms with E-state index in [1.54, 1.807) is 0 Å². The van der Waals surface area contributed by atoms with Crippen molar-refractivity contribution < 1.29 is 0 Å². The lowest BCUT2D eigenvalue weighted by atomic mass is 9.84. The number of pyridine rings is 1. The zero-order valence-corrected chi connectivity index (χ0v) is 27.1. The summed E-state index contributed by atoms with van der Waals surface area (Å²) in [5.41, 5.74) is 8.38. The maximum Gasteiger partial charge on any atom is 0.0787 e. The van der Waals surface area contributed by atoms with E-state index in [9.17, 15) is 0 Å². The fourth-order valence-corrected chi connectivity index (χ4v) is 9.21. The topological polar surface area (TPSA) is 24.9 Å². The molecular formula is C48H28N2. The van der Waals surface area contributed by atoms with E-state index in [4.69, 9.17) is 4.98 Å². The summed E-state index contributed by atoms with van der Waals surface area (Å²) in [4.78, 5) is 5.12. The lowest BCUT2D eigenvalue weighted by Gasteiger charge is -2.23. The van der Waals surface area contributed by atoms with E-state index in [0.717, 1.165) is 12.1 Å². The second-order valence-electron chi connectivity index (χ2n) is 13.9. The van der Waals surface area contributed by atoms with Crippen LogP contribution in [0, 0.1) is 0 Å². The van der Waals surface area contributed by atoms with Crippen molar-refractivity contribution in [2.45, 2.75) is 0 Å². The Labute approximate surface area is 287 Å². The number of fused-ring (bicyclic) bond motifs is 5. The molecule has 1 aliphatic rings. The van der Waals surface area contributed by atoms with Crippen molar-refractivity contribution in [1.29, 1.82) is 0 Å². The Hall–Kier alpha value is -6.51. The van der Waals surface area contributed by atoms with Crippen molar-refractivity contribution in [3.63, 3.8) is 0 Å². The van der Waals surface area contributed by atoms with Crippen LogP contribution in [0.1, 0.15) is 5.56 Å². The van der Waals surface area contributed by atoms with E-state index in [1.165, 1.54) is 114 Å². The van der Waals surface area contributed by atoms with E-state index < -0.39 is 0 Å². The van der Waals surface area contributed by atoms with Crippen LogP contribution in [0.15, 0.2) is 146 Å². The summed E-state index contributed by atoms with van der Waals surface area (Å²) in [6.45, 7) is 0.790. The highest BCUT2D eigenvalue weighted by Crippen LogP contribution is 2.48. The van der Waals surface area contributed by atoms with Crippen LogP contribution in [-0.4, -0.2) is 11.5 Å². The SMILES string of the molecule is C1=Cc2c(-c3ccc4ccc5cccc6ccc3c4c56)cc3c(cc(-c4ccc5ccc6cccc7ccc4c5c67)c4cccnc43)c2NC1. The second-order valence-corrected chi connectivity index (χ2v) is 13.9. The Bertz CT molecular complexity index is 3230. The fraction of sp³-hybridized carbons (Fsp3) is 0.0208. The van der Waals surface area contributed by atoms with Crippen LogP contribution in [0.3, 0.4) is 0 Å². The molecule has 2 nitrogen and oxygen atoms in total. The van der Waals surface area contributed by atoms with Crippen LogP contribution in [0.25, 0.3) is 115 Å². The molecule has 2 heterocycles. The molecule has 0 unspecified atom stereocenters. The maximum atomic E-state index is 5.12. The summed E-state index contributed by atoms with van der Waals surface area (Å²) in [6, 6.07) is 49.9. The first kappa shape index (κ1) is 26.4. The first-order valence-electron chi connectivity index (χ1n) is 17.4. The molecule has 12 rings (SSSR count). The standard InChI is InChI=1S/C48H28N2/c1-5-27-11-13-31-15-19-33(35-21-17-29(7-1)43(27)45(31)35)39-25-41-42(47-37(39)9-3-23-49-47)26-40(38-10-4-24-50-48(38)41)34-20-16-32-14-12-28-6-2-8-30-18-22-36(34)46(32)44(28)30/h1-23,25-26,50H,24H2. The molecule has 0 saturated carbocycles. The normalized spacial score (nSPS) is 13.2. The molecule has 1 aliphatic heterocycles. The van der Waals surface area contributed by atoms with Gasteiger partial charge < -0.3 is 5.32 Å². The molecule has 0 fully saturated rings. The number of anilines is 1. The average molecular weight is 633 g/mol. The molecule has 0 amide bonds. The fourth-order valence-electron chi connectivity index (χ4n) is 9.21. The van der Waals surface area contributed by atoms with E-state index in [-0.39, 0.29) is 0 Å². The third-order valence-electron chi connectivity index (χ3n) is 11.4. The van der Waals surface area contributed by atoms with Gasteiger partial charge in [0.15, 0.2) is 0 Å². The lowest BCUT2D eigenvalue weighted by molar-refractivity contribution is 1.32. The van der Waals surface area contributed by atoms with Crippen molar-refractivity contribution >= 4 is 98.1 Å². The van der Waals surface area contributed by atoms with Gasteiger partial charge >= 0.3 is 0 Å². The zero-order chi connectivity index (χ0) is 32.5. The molecule has 50 heavy (non-hydrogen) atoms. The highest BCUT2D eigenvalue weighted by atomic mass is 14.9. The Morgan fingerprint density at radius 2 is 0.960 bits per heavy atom. The molecule has 0 aliphatic carbocycles. The van der Waals surface area contributed by atoms with Gasteiger partial charge in [-0.2, -0.15) is 0 Å². The van der Waals surface area contributed by atoms with Gasteiger partial charge in [0.2, 0.25) is 0 Å². The zero-order valence-electron chi connectivity index (χ0n) is 27.1. The Kier molecular flexibility index (Phi) is 5.05. The van der Waals surface area contributed by atoms with Crippen LogP contribution >= 0.6 is 0 Å². The van der Waals surface area contributed by atoms with Crippen LogP contribution in [0.4, 0.5) is 5.69 Å². The van der Waals surface area contributed by atoms with Crippen LogP contribution in [0.2, 0.25) is 0 Å². The summed E-state index contributed by atoms with van der Waals surface area (Å²) in [5.74, 6) is 0. The van der Waals surface area contributed by atoms with E-state index in [1.807, 2.05) is 6.20 Å². The molecule has 1 aromatic heterocycles. The van der Waals surface area contributed by atoms with Gasteiger partial charge in [-0.15, -0.1) is 0 Å². The van der Waals surface area contributed by atoms with Gasteiger partial charge in [0, 0.05) is 34.5 Å². The third kappa shape index (κ3) is 3.40. The Balaban J connectivity index is 1.19. The van der Waals surface area contributed by atoms with Crippen LogP contribution < -0.4 is 5.32 Å². The summed E-state index contributed by atoms with van der Waals surface area (Å²) in [5, 5.41) is 23.0. The smallest absolute Gasteiger partial charge is 0.0787 e. The molecule has 10 aromatic carbocycles. The van der Waals surface area contributed by atoms with Crippen molar-refractivity contribution in [3.8, 4) is 22.3 Å². The summed E-state index contributed by atoms with van der Waals surface area (Å²) in [7, 11) is 0. The summed E-state index contributed by atoms with van der Waals surface area (Å²) < 4.78 is 0. The number of hydrogen-bond donors (Lipinski definition) is 1. The minimum Gasteiger partial charge on any atom is -0.381 e. The van der Waals surface area contributed by atoms with Gasteiger partial charge in [-0.3, -0.25) is 4.98 Å². The number of nitrogens with zero attached hydrogens (tertiary/aromatic N) is 1. The first-order chi connectivity index (χ1) is 24.8. The maximum absolute atomic E-state index is 5.12. The molecule has 0 bridgehead atoms. The van der Waals surface area contributed by atoms with Gasteiger partial charge in [-0.1, -0.05) is 127 Å². The second kappa shape index (κ2) is 9.56. The number of hydrogen-bond acceptors (Lipinski definition) is 2. The van der Waals surface area contributed by atoms with Crippen molar-refractivity contribution in [2.75, 3.05) is 11.9 Å². The molecule has 0 atom stereocenters. The Morgan fingerprint density at radius 1 is 0.420 bits per heavy atom. The van der Waals surface area contributed by atoms with E-state index >= 15 is 0 Å². The number of nitrogens with one attached hydrogen (secondary N) is 1. The first-order valence-corrected chi connectivity index (χ1v) is 17.4. The number of aromatic nitrogens is 1. The van der Waals surface area contributed by atoms with Gasteiger partial charge in [0.25, 0.3) is 0 Å². The predicted octanol–water partition coefficient (Wildman–Crippen LogP) is 13.0. The third-order valence-corrected chi connectivity index (χ3v) is 11.4. The minimum absolute atomic E-state index is 0.790.